The molecule has 230 valence electrons. The van der Waals surface area contributed by atoms with Crippen LogP contribution in [0.1, 0.15) is 55.0 Å². The minimum absolute atomic E-state index is 0.0764. The summed E-state index contributed by atoms with van der Waals surface area (Å²) in [5.41, 5.74) is 5.19. The molecule has 4 atom stereocenters. The van der Waals surface area contributed by atoms with Crippen LogP contribution >= 0.6 is 23.2 Å². The molecular weight excluding hydrogens is 612 g/mol. The normalized spacial score (nSPS) is 17.9. The molecule has 1 fully saturated rings. The Morgan fingerprint density at radius 1 is 1.07 bits per heavy atom. The number of carbonyl (C=O) groups excluding carboxylic acids is 3. The molecule has 0 bridgehead atoms. The van der Waals surface area contributed by atoms with Gasteiger partial charge in [0.25, 0.3) is 5.91 Å². The Kier molecular flexibility index (Phi) is 10.8. The van der Waals surface area contributed by atoms with Crippen molar-refractivity contribution in [2.45, 2.75) is 68.9 Å². The van der Waals surface area contributed by atoms with Gasteiger partial charge in [0.1, 0.15) is 6.04 Å². The van der Waals surface area contributed by atoms with E-state index < -0.39 is 65.6 Å². The number of aromatic hydroxyl groups is 1. The number of primary amides is 1. The first kappa shape index (κ1) is 33.5. The number of hydrogen-bond donors (Lipinski definition) is 4. The maximum Gasteiger partial charge on any atom is 0.455 e. The van der Waals surface area contributed by atoms with Gasteiger partial charge in [0, 0.05) is 6.61 Å². The van der Waals surface area contributed by atoms with Crippen LogP contribution in [0.15, 0.2) is 36.4 Å². The molecule has 0 saturated carbocycles. The second-order valence-corrected chi connectivity index (χ2v) is 10.6. The number of amides is 2. The first-order chi connectivity index (χ1) is 19.6. The van der Waals surface area contributed by atoms with Gasteiger partial charge >= 0.3 is 12.1 Å². The predicted molar refractivity (Wildman–Crippen MR) is 143 cm³/mol. The largest absolute Gasteiger partial charge is 0.505 e. The maximum absolute atomic E-state index is 15.1. The van der Waals surface area contributed by atoms with Gasteiger partial charge in [0.15, 0.2) is 5.75 Å². The summed E-state index contributed by atoms with van der Waals surface area (Å²) >= 11 is 11.9. The summed E-state index contributed by atoms with van der Waals surface area (Å²) < 4.78 is 76.8. The average molecular weight is 640 g/mol. The van der Waals surface area contributed by atoms with Crippen LogP contribution in [-0.2, 0) is 25.5 Å². The highest BCUT2D eigenvalue weighted by atomic mass is 35.5. The average Bonchev–Trinajstić information content (AvgIpc) is 3.46. The van der Waals surface area contributed by atoms with Crippen LogP contribution in [0.2, 0.25) is 10.0 Å². The topological polar surface area (TPSA) is 131 Å². The third-order valence-electron chi connectivity index (χ3n) is 6.80. The Labute approximate surface area is 247 Å². The number of phenols is 1. The number of benzene rings is 2. The summed E-state index contributed by atoms with van der Waals surface area (Å²) in [4.78, 5) is 36.9. The molecule has 0 aromatic heterocycles. The molecule has 1 aliphatic rings. The number of carbonyl (C=O) groups is 3. The molecule has 42 heavy (non-hydrogen) atoms. The van der Waals surface area contributed by atoms with Crippen LogP contribution in [0.5, 0.6) is 5.75 Å². The molecule has 0 aliphatic carbocycles. The molecule has 1 saturated heterocycles. The number of nitrogens with one attached hydrogen (secondary N) is 2. The van der Waals surface area contributed by atoms with Crippen LogP contribution in [-0.4, -0.2) is 53.5 Å². The van der Waals surface area contributed by atoms with Crippen molar-refractivity contribution in [3.8, 4) is 5.75 Å². The molecule has 15 heteroatoms. The SMILES string of the molecule is CC[C@H](NC(=O)[C@H](Cc1cc(Cl)c(O)c(Cl)c1)N[C@@H](c1ccc(C2CCCO2)cc1)C(F)(F)C(F)(F)F)C(=O)C(N)=O. The van der Waals surface area contributed by atoms with E-state index >= 15 is 8.78 Å². The van der Waals surface area contributed by atoms with Crippen molar-refractivity contribution in [1.82, 2.24) is 10.6 Å². The number of nitrogens with two attached hydrogens (primary N) is 1. The quantitative estimate of drug-likeness (QED) is 0.192. The van der Waals surface area contributed by atoms with Crippen LogP contribution in [0.4, 0.5) is 22.0 Å². The molecule has 1 heterocycles. The van der Waals surface area contributed by atoms with E-state index in [4.69, 9.17) is 33.7 Å². The Balaban J connectivity index is 2.04. The highest BCUT2D eigenvalue weighted by Gasteiger charge is 2.63. The van der Waals surface area contributed by atoms with Gasteiger partial charge in [-0.2, -0.15) is 22.0 Å². The van der Waals surface area contributed by atoms with Crippen molar-refractivity contribution >= 4 is 40.8 Å². The fourth-order valence-electron chi connectivity index (χ4n) is 4.51. The maximum atomic E-state index is 15.1. The second kappa shape index (κ2) is 13.5. The Hall–Kier alpha value is -3.00. The fraction of sp³-hybridized carbons (Fsp3) is 0.444. The van der Waals surface area contributed by atoms with Crippen LogP contribution in [0.3, 0.4) is 0 Å². The number of halogens is 7. The van der Waals surface area contributed by atoms with Gasteiger partial charge < -0.3 is 20.9 Å². The Morgan fingerprint density at radius 3 is 2.14 bits per heavy atom. The van der Waals surface area contributed by atoms with Crippen molar-refractivity contribution in [3.05, 3.63) is 63.1 Å². The van der Waals surface area contributed by atoms with Crippen LogP contribution < -0.4 is 16.4 Å². The summed E-state index contributed by atoms with van der Waals surface area (Å²) in [6, 6.07) is 1.10. The number of hydrogen-bond acceptors (Lipinski definition) is 6. The molecule has 3 rings (SSSR count). The van der Waals surface area contributed by atoms with Crippen LogP contribution in [0.25, 0.3) is 0 Å². The van der Waals surface area contributed by atoms with Crippen LogP contribution in [0, 0.1) is 0 Å². The monoisotopic (exact) mass is 639 g/mol. The van der Waals surface area contributed by atoms with Gasteiger partial charge in [0.05, 0.1) is 28.2 Å². The summed E-state index contributed by atoms with van der Waals surface area (Å²) in [5.74, 6) is -9.65. The first-order valence-electron chi connectivity index (χ1n) is 12.8. The van der Waals surface area contributed by atoms with Gasteiger partial charge in [-0.1, -0.05) is 54.4 Å². The number of phenolic OH excluding ortho intramolecular Hbond substituents is 1. The summed E-state index contributed by atoms with van der Waals surface area (Å²) in [5, 5.41) is 13.6. The molecular formula is C27H28Cl2F5N3O5. The lowest BCUT2D eigenvalue weighted by Crippen LogP contribution is -2.57. The Bertz CT molecular complexity index is 1280. The molecule has 8 nitrogen and oxygen atoms in total. The molecule has 2 aromatic rings. The molecule has 2 amide bonds. The smallest absolute Gasteiger partial charge is 0.455 e. The van der Waals surface area contributed by atoms with Gasteiger partial charge in [-0.05, 0) is 54.5 Å². The van der Waals surface area contributed by atoms with Crippen molar-refractivity contribution in [3.63, 3.8) is 0 Å². The standard InChI is InChI=1S/C27H28Cl2F5N3O5/c1-2-18(22(39)24(35)40)37-25(41)19(12-13-10-16(28)21(38)17(29)11-13)36-23(26(30,31)27(32,33)34)15-7-5-14(6-8-15)20-4-3-9-42-20/h5-8,10-11,18-20,23,36,38H,2-4,9,12H2,1H3,(H2,35,40)(H,37,41)/t18-,19-,20?,23-/m0/s1. The third kappa shape index (κ3) is 7.68. The minimum atomic E-state index is -6.03. The molecule has 0 radical (unpaired) electrons. The van der Waals surface area contributed by atoms with E-state index in [-0.39, 0.29) is 28.1 Å². The first-order valence-corrected chi connectivity index (χ1v) is 13.5. The van der Waals surface area contributed by atoms with Crippen molar-refractivity contribution < 1.29 is 46.2 Å². The summed E-state index contributed by atoms with van der Waals surface area (Å²) in [6.07, 6.45) is -5.64. The lowest BCUT2D eigenvalue weighted by molar-refractivity contribution is -0.294. The number of alkyl halides is 5. The van der Waals surface area contributed by atoms with E-state index in [0.29, 0.717) is 18.6 Å². The van der Waals surface area contributed by atoms with Gasteiger partial charge in [-0.3, -0.25) is 19.7 Å². The van der Waals surface area contributed by atoms with E-state index in [0.717, 1.165) is 30.7 Å². The molecule has 5 N–H and O–H groups in total. The number of rotatable bonds is 12. The van der Waals surface area contributed by atoms with E-state index in [9.17, 15) is 32.7 Å². The van der Waals surface area contributed by atoms with Gasteiger partial charge in [-0.25, -0.2) is 0 Å². The van der Waals surface area contributed by atoms with E-state index in [2.05, 4.69) is 10.6 Å². The molecule has 2 aromatic carbocycles. The van der Waals surface area contributed by atoms with Crippen molar-refractivity contribution in [2.24, 2.45) is 5.73 Å². The highest BCUT2D eigenvalue weighted by molar-refractivity contribution is 6.38. The van der Waals surface area contributed by atoms with E-state index in [1.807, 2.05) is 0 Å². The molecule has 1 unspecified atom stereocenters. The van der Waals surface area contributed by atoms with Gasteiger partial charge in [0.2, 0.25) is 11.7 Å². The Morgan fingerprint density at radius 2 is 1.67 bits per heavy atom. The van der Waals surface area contributed by atoms with E-state index in [1.54, 1.807) is 0 Å². The fourth-order valence-corrected chi connectivity index (χ4v) is 5.05. The number of ketones is 1. The summed E-state index contributed by atoms with van der Waals surface area (Å²) in [6.45, 7) is 1.91. The summed E-state index contributed by atoms with van der Waals surface area (Å²) in [7, 11) is 0. The zero-order valence-corrected chi connectivity index (χ0v) is 23.6. The van der Waals surface area contributed by atoms with E-state index in [1.165, 1.54) is 19.1 Å². The minimum Gasteiger partial charge on any atom is -0.505 e. The highest BCUT2D eigenvalue weighted by Crippen LogP contribution is 2.45. The third-order valence-corrected chi connectivity index (χ3v) is 7.37. The lowest BCUT2D eigenvalue weighted by atomic mass is 9.94. The number of ether oxygens (including phenoxy) is 1. The number of Topliss-reactive ketones (excluding diaryl/α,β-unsaturated/α-hetero) is 1. The molecule has 1 aliphatic heterocycles. The second-order valence-electron chi connectivity index (χ2n) is 9.75. The lowest BCUT2D eigenvalue weighted by Gasteiger charge is -2.33. The zero-order chi connectivity index (χ0) is 31.4. The van der Waals surface area contributed by atoms with Crippen molar-refractivity contribution in [1.29, 1.82) is 0 Å². The molecule has 0 spiro atoms. The van der Waals surface area contributed by atoms with Gasteiger partial charge in [-0.15, -0.1) is 0 Å². The zero-order valence-electron chi connectivity index (χ0n) is 22.1. The van der Waals surface area contributed by atoms with Crippen molar-refractivity contribution in [2.75, 3.05) is 6.61 Å². The predicted octanol–water partition coefficient (Wildman–Crippen LogP) is 4.94.